The van der Waals surface area contributed by atoms with Gasteiger partial charge in [-0.05, 0) is 85.5 Å². The highest BCUT2D eigenvalue weighted by molar-refractivity contribution is 7.11. The Morgan fingerprint density at radius 2 is 1.56 bits per heavy atom. The van der Waals surface area contributed by atoms with E-state index in [1.165, 1.54) is 29.9 Å². The van der Waals surface area contributed by atoms with Crippen molar-refractivity contribution in [2.75, 3.05) is 28.6 Å². The quantitative estimate of drug-likeness (QED) is 0.269. The van der Waals surface area contributed by atoms with Crippen LogP contribution in [0.3, 0.4) is 0 Å². The van der Waals surface area contributed by atoms with Gasteiger partial charge < -0.3 is 15.5 Å². The molecule has 6 rings (SSSR count). The van der Waals surface area contributed by atoms with Gasteiger partial charge in [0.15, 0.2) is 5.01 Å². The molecule has 1 saturated heterocycles. The summed E-state index contributed by atoms with van der Waals surface area (Å²) in [5.41, 5.74) is 4.95. The second-order valence-corrected chi connectivity index (χ2v) is 10.7. The molecule has 0 saturated carbocycles. The highest BCUT2D eigenvalue weighted by Crippen LogP contribution is 2.25. The molecule has 8 nitrogen and oxygen atoms in total. The fourth-order valence-corrected chi connectivity index (χ4v) is 5.35. The molecule has 2 aromatic heterocycles. The molecule has 0 aliphatic carbocycles. The molecule has 0 bridgehead atoms. The number of carbonyl (C=O) groups excluding carboxylic acids is 2. The molecule has 2 amide bonds. The molecule has 9 heteroatoms. The largest absolute Gasteiger partial charge is 0.372 e. The molecular formula is C30H28N6O2S. The Morgan fingerprint density at radius 3 is 2.28 bits per heavy atom. The van der Waals surface area contributed by atoms with Crippen LogP contribution >= 0.6 is 11.3 Å². The molecular weight excluding hydrogens is 508 g/mol. The van der Waals surface area contributed by atoms with Gasteiger partial charge in [-0.1, -0.05) is 6.92 Å². The minimum absolute atomic E-state index is 0.143. The number of hydrogen-bond acceptors (Lipinski definition) is 6. The van der Waals surface area contributed by atoms with Gasteiger partial charge in [0.1, 0.15) is 0 Å². The Balaban J connectivity index is 1.12. The SMILES string of the molecule is CC1CCN(c2ccc(C(=O)Nc3ccc4c(cnn4-c4ccc(NC(=O)c5nccs5)cc4)c3)cc2)CC1. The van der Waals surface area contributed by atoms with E-state index in [1.54, 1.807) is 17.8 Å². The number of aromatic nitrogens is 3. The first kappa shape index (κ1) is 24.8. The number of thiazole rings is 1. The number of anilines is 3. The summed E-state index contributed by atoms with van der Waals surface area (Å²) in [7, 11) is 0. The predicted octanol–water partition coefficient (Wildman–Crippen LogP) is 6.22. The monoisotopic (exact) mass is 536 g/mol. The molecule has 0 unspecified atom stereocenters. The summed E-state index contributed by atoms with van der Waals surface area (Å²) in [4.78, 5) is 31.6. The van der Waals surface area contributed by atoms with Crippen LogP contribution in [0.1, 0.15) is 39.9 Å². The van der Waals surface area contributed by atoms with Gasteiger partial charge in [-0.2, -0.15) is 5.10 Å². The lowest BCUT2D eigenvalue weighted by molar-refractivity contribution is 0.101. The average molecular weight is 537 g/mol. The number of hydrogen-bond donors (Lipinski definition) is 2. The van der Waals surface area contributed by atoms with Crippen molar-refractivity contribution in [3.05, 3.63) is 95.1 Å². The molecule has 3 heterocycles. The summed E-state index contributed by atoms with van der Waals surface area (Å²) < 4.78 is 1.83. The maximum Gasteiger partial charge on any atom is 0.284 e. The average Bonchev–Trinajstić information content (AvgIpc) is 3.65. The fraction of sp³-hybridized carbons (Fsp3) is 0.200. The van der Waals surface area contributed by atoms with E-state index in [-0.39, 0.29) is 11.8 Å². The molecule has 0 spiro atoms. The van der Waals surface area contributed by atoms with Crippen LogP contribution in [0.5, 0.6) is 0 Å². The third-order valence-corrected chi connectivity index (χ3v) is 7.87. The topological polar surface area (TPSA) is 92.2 Å². The van der Waals surface area contributed by atoms with Crippen molar-refractivity contribution >= 4 is 51.1 Å². The van der Waals surface area contributed by atoms with E-state index in [0.29, 0.717) is 21.9 Å². The first-order valence-electron chi connectivity index (χ1n) is 13.0. The van der Waals surface area contributed by atoms with E-state index in [2.05, 4.69) is 32.5 Å². The zero-order valence-corrected chi connectivity index (χ0v) is 22.3. The molecule has 3 aromatic carbocycles. The highest BCUT2D eigenvalue weighted by Gasteiger charge is 2.17. The van der Waals surface area contributed by atoms with Gasteiger partial charge in [-0.25, -0.2) is 9.67 Å². The molecule has 0 radical (unpaired) electrons. The van der Waals surface area contributed by atoms with Crippen molar-refractivity contribution in [3.63, 3.8) is 0 Å². The molecule has 2 N–H and O–H groups in total. The smallest absolute Gasteiger partial charge is 0.284 e. The first-order valence-corrected chi connectivity index (χ1v) is 13.9. The van der Waals surface area contributed by atoms with E-state index in [4.69, 9.17) is 0 Å². The van der Waals surface area contributed by atoms with Gasteiger partial charge in [0, 0.05) is 52.7 Å². The molecule has 5 aromatic rings. The standard InChI is InChI=1S/C30H28N6O2S/c1-20-12-15-35(16-13-20)25-7-2-21(3-8-25)28(37)34-24-6-11-27-22(18-24)19-32-36(27)26-9-4-23(5-10-26)33-29(38)30-31-14-17-39-30/h2-11,14,17-20H,12-13,15-16H2,1H3,(H,33,38)(H,34,37). The first-order chi connectivity index (χ1) is 19.0. The molecule has 196 valence electrons. The van der Waals surface area contributed by atoms with Crippen LogP contribution in [0.4, 0.5) is 17.1 Å². The third-order valence-electron chi connectivity index (χ3n) is 7.10. The second kappa shape index (κ2) is 10.7. The van der Waals surface area contributed by atoms with Gasteiger partial charge in [0.05, 0.1) is 17.4 Å². The number of benzene rings is 3. The molecule has 0 atom stereocenters. The predicted molar refractivity (Wildman–Crippen MR) is 156 cm³/mol. The maximum atomic E-state index is 12.9. The van der Waals surface area contributed by atoms with Gasteiger partial charge in [0.2, 0.25) is 0 Å². The summed E-state index contributed by atoms with van der Waals surface area (Å²) in [6.07, 6.45) is 5.80. The fourth-order valence-electron chi connectivity index (χ4n) is 4.82. The number of piperidine rings is 1. The van der Waals surface area contributed by atoms with Crippen molar-refractivity contribution in [1.82, 2.24) is 14.8 Å². The summed E-state index contributed by atoms with van der Waals surface area (Å²) in [5, 5.41) is 13.5. The van der Waals surface area contributed by atoms with Gasteiger partial charge in [0.25, 0.3) is 11.8 Å². The minimum atomic E-state index is -0.232. The Bertz CT molecular complexity index is 1600. The summed E-state index contributed by atoms with van der Waals surface area (Å²) in [5.74, 6) is 0.408. The van der Waals surface area contributed by atoms with E-state index in [0.717, 1.165) is 35.6 Å². The van der Waals surface area contributed by atoms with Crippen molar-refractivity contribution in [2.24, 2.45) is 5.92 Å². The third kappa shape index (κ3) is 5.39. The van der Waals surface area contributed by atoms with Crippen LogP contribution in [-0.4, -0.2) is 39.7 Å². The summed E-state index contributed by atoms with van der Waals surface area (Å²) in [6, 6.07) is 21.1. The van der Waals surface area contributed by atoms with Crippen LogP contribution in [0.2, 0.25) is 0 Å². The van der Waals surface area contributed by atoms with Crippen molar-refractivity contribution in [1.29, 1.82) is 0 Å². The zero-order chi connectivity index (χ0) is 26.8. The van der Waals surface area contributed by atoms with Crippen LogP contribution in [0, 0.1) is 5.92 Å². The van der Waals surface area contributed by atoms with E-state index >= 15 is 0 Å². The second-order valence-electron chi connectivity index (χ2n) is 9.84. The van der Waals surface area contributed by atoms with Crippen LogP contribution in [0.15, 0.2) is 84.5 Å². The Kier molecular flexibility index (Phi) is 6.81. The molecule has 1 aliphatic heterocycles. The van der Waals surface area contributed by atoms with Gasteiger partial charge in [-0.15, -0.1) is 11.3 Å². The Labute approximate surface area is 230 Å². The molecule has 39 heavy (non-hydrogen) atoms. The highest BCUT2D eigenvalue weighted by atomic mass is 32.1. The van der Waals surface area contributed by atoms with Crippen molar-refractivity contribution in [2.45, 2.75) is 19.8 Å². The number of nitrogens with zero attached hydrogens (tertiary/aromatic N) is 4. The van der Waals surface area contributed by atoms with E-state index in [1.807, 2.05) is 71.4 Å². The lowest BCUT2D eigenvalue weighted by Crippen LogP contribution is -2.32. The number of rotatable bonds is 6. The minimum Gasteiger partial charge on any atom is -0.372 e. The Hall–Kier alpha value is -4.50. The van der Waals surface area contributed by atoms with Gasteiger partial charge >= 0.3 is 0 Å². The zero-order valence-electron chi connectivity index (χ0n) is 21.5. The van der Waals surface area contributed by atoms with Crippen LogP contribution in [0.25, 0.3) is 16.6 Å². The summed E-state index contributed by atoms with van der Waals surface area (Å²) >= 11 is 1.30. The van der Waals surface area contributed by atoms with Crippen LogP contribution in [-0.2, 0) is 0 Å². The van der Waals surface area contributed by atoms with E-state index in [9.17, 15) is 9.59 Å². The number of fused-ring (bicyclic) bond motifs is 1. The molecule has 1 aliphatic rings. The normalized spacial score (nSPS) is 13.9. The van der Waals surface area contributed by atoms with Gasteiger partial charge in [-0.3, -0.25) is 9.59 Å². The number of carbonyl (C=O) groups is 2. The maximum absolute atomic E-state index is 12.9. The number of nitrogens with one attached hydrogen (secondary N) is 2. The lowest BCUT2D eigenvalue weighted by atomic mass is 9.98. The molecule has 1 fully saturated rings. The van der Waals surface area contributed by atoms with E-state index < -0.39 is 0 Å². The Morgan fingerprint density at radius 1 is 0.872 bits per heavy atom. The van der Waals surface area contributed by atoms with Crippen LogP contribution < -0.4 is 15.5 Å². The van der Waals surface area contributed by atoms with Crippen molar-refractivity contribution in [3.8, 4) is 5.69 Å². The summed E-state index contributed by atoms with van der Waals surface area (Å²) in [6.45, 7) is 4.43. The lowest BCUT2D eigenvalue weighted by Gasteiger charge is -2.32. The van der Waals surface area contributed by atoms with Crippen molar-refractivity contribution < 1.29 is 9.59 Å². The number of amides is 2.